The van der Waals surface area contributed by atoms with Gasteiger partial charge in [0.2, 0.25) is 0 Å². The molecule has 1 aliphatic rings. The molecule has 1 heterocycles. The zero-order valence-corrected chi connectivity index (χ0v) is 14.3. The second kappa shape index (κ2) is 6.34. The SMILES string of the molecule is C[C@@H](CN1c2ccccc2CCc2ccccc21)C[N+](C)(C)[O-]. The molecule has 0 aliphatic carbocycles. The van der Waals surface area contributed by atoms with Gasteiger partial charge in [-0.15, -0.1) is 0 Å². The normalized spacial score (nSPS) is 15.6. The van der Waals surface area contributed by atoms with Crippen molar-refractivity contribution in [2.45, 2.75) is 19.8 Å². The quantitative estimate of drug-likeness (QED) is 0.627. The van der Waals surface area contributed by atoms with Gasteiger partial charge in [-0.1, -0.05) is 43.3 Å². The number of benzene rings is 2. The molecule has 0 saturated heterocycles. The van der Waals surface area contributed by atoms with Crippen LogP contribution in [0.2, 0.25) is 0 Å². The predicted octanol–water partition coefficient (Wildman–Crippen LogP) is 4.13. The molecule has 0 fully saturated rings. The maximum Gasteiger partial charge on any atom is 0.0823 e. The van der Waals surface area contributed by atoms with Gasteiger partial charge in [0.15, 0.2) is 0 Å². The minimum absolute atomic E-state index is 0.238. The molecule has 0 spiro atoms. The Morgan fingerprint density at radius 1 is 0.957 bits per heavy atom. The minimum Gasteiger partial charge on any atom is -0.633 e. The van der Waals surface area contributed by atoms with Gasteiger partial charge in [0.25, 0.3) is 0 Å². The summed E-state index contributed by atoms with van der Waals surface area (Å²) >= 11 is 0. The largest absolute Gasteiger partial charge is 0.633 e. The lowest BCUT2D eigenvalue weighted by atomic mass is 10.0. The Morgan fingerprint density at radius 3 is 1.91 bits per heavy atom. The maximum atomic E-state index is 12.0. The third-order valence-corrected chi connectivity index (χ3v) is 4.47. The zero-order valence-electron chi connectivity index (χ0n) is 14.3. The summed E-state index contributed by atoms with van der Waals surface area (Å²) in [6, 6.07) is 17.3. The van der Waals surface area contributed by atoms with Crippen molar-refractivity contribution in [1.82, 2.24) is 0 Å². The van der Waals surface area contributed by atoms with Gasteiger partial charge in [0.05, 0.1) is 20.6 Å². The molecule has 0 aromatic heterocycles. The van der Waals surface area contributed by atoms with E-state index in [2.05, 4.69) is 60.4 Å². The van der Waals surface area contributed by atoms with Crippen LogP contribution in [0.5, 0.6) is 0 Å². The summed E-state index contributed by atoms with van der Waals surface area (Å²) in [6.07, 6.45) is 2.14. The van der Waals surface area contributed by atoms with Crippen molar-refractivity contribution >= 4 is 11.4 Å². The number of anilines is 2. The number of hydroxylamine groups is 3. The van der Waals surface area contributed by atoms with Gasteiger partial charge in [-0.05, 0) is 36.1 Å². The molecule has 1 aliphatic heterocycles. The Kier molecular flexibility index (Phi) is 4.42. The van der Waals surface area contributed by atoms with Crippen LogP contribution in [0.4, 0.5) is 11.4 Å². The van der Waals surface area contributed by atoms with Crippen LogP contribution in [0.15, 0.2) is 48.5 Å². The highest BCUT2D eigenvalue weighted by molar-refractivity contribution is 5.71. The fourth-order valence-corrected chi connectivity index (χ4v) is 3.69. The number of fused-ring (bicyclic) bond motifs is 2. The molecular formula is C20H26N2O. The fraction of sp³-hybridized carbons (Fsp3) is 0.400. The van der Waals surface area contributed by atoms with Crippen LogP contribution in [0.25, 0.3) is 0 Å². The third kappa shape index (κ3) is 3.74. The second-order valence-electron chi connectivity index (χ2n) is 7.23. The lowest BCUT2D eigenvalue weighted by Crippen LogP contribution is -2.40. The Labute approximate surface area is 139 Å². The summed E-state index contributed by atoms with van der Waals surface area (Å²) in [5.41, 5.74) is 5.37. The van der Waals surface area contributed by atoms with Crippen molar-refractivity contribution in [2.75, 3.05) is 32.1 Å². The standard InChI is InChI=1S/C20H26N2O/c1-16(15-22(2,3)23)14-21-19-10-6-4-8-17(19)12-13-18-9-5-7-11-20(18)21/h4-11,16H,12-15H2,1-3H3/t16-/m0/s1. The number of aryl methyl sites for hydroxylation is 2. The van der Waals surface area contributed by atoms with Crippen molar-refractivity contribution in [3.8, 4) is 0 Å². The van der Waals surface area contributed by atoms with Gasteiger partial charge in [-0.25, -0.2) is 0 Å². The van der Waals surface area contributed by atoms with Crippen molar-refractivity contribution < 1.29 is 4.65 Å². The molecule has 2 aromatic carbocycles. The van der Waals surface area contributed by atoms with Crippen molar-refractivity contribution in [3.63, 3.8) is 0 Å². The first kappa shape index (κ1) is 16.0. The number of nitrogens with zero attached hydrogens (tertiary/aromatic N) is 2. The van der Waals surface area contributed by atoms with E-state index in [9.17, 15) is 5.21 Å². The van der Waals surface area contributed by atoms with E-state index >= 15 is 0 Å². The van der Waals surface area contributed by atoms with Gasteiger partial charge in [0.1, 0.15) is 0 Å². The van der Waals surface area contributed by atoms with E-state index in [-0.39, 0.29) is 4.65 Å². The highest BCUT2D eigenvalue weighted by Crippen LogP contribution is 2.36. The number of hydrogen-bond acceptors (Lipinski definition) is 2. The van der Waals surface area contributed by atoms with Gasteiger partial charge in [0, 0.05) is 23.8 Å². The third-order valence-electron chi connectivity index (χ3n) is 4.47. The van der Waals surface area contributed by atoms with Crippen molar-refractivity contribution in [3.05, 3.63) is 64.9 Å². The van der Waals surface area contributed by atoms with Gasteiger partial charge >= 0.3 is 0 Å². The van der Waals surface area contributed by atoms with Crippen molar-refractivity contribution in [2.24, 2.45) is 5.92 Å². The molecular weight excluding hydrogens is 284 g/mol. The highest BCUT2D eigenvalue weighted by Gasteiger charge is 2.23. The van der Waals surface area contributed by atoms with E-state index in [1.54, 1.807) is 14.1 Å². The van der Waals surface area contributed by atoms with Gasteiger partial charge in [-0.2, -0.15) is 0 Å². The molecule has 3 rings (SSSR count). The summed E-state index contributed by atoms with van der Waals surface area (Å²) in [6.45, 7) is 3.67. The monoisotopic (exact) mass is 310 g/mol. The second-order valence-corrected chi connectivity index (χ2v) is 7.23. The van der Waals surface area contributed by atoms with Crippen LogP contribution in [-0.2, 0) is 12.8 Å². The lowest BCUT2D eigenvalue weighted by molar-refractivity contribution is -0.843. The van der Waals surface area contributed by atoms with E-state index < -0.39 is 0 Å². The summed E-state index contributed by atoms with van der Waals surface area (Å²) in [7, 11) is 3.45. The molecule has 0 amide bonds. The first-order valence-corrected chi connectivity index (χ1v) is 8.41. The van der Waals surface area contributed by atoms with E-state index in [0.717, 1.165) is 19.4 Å². The van der Waals surface area contributed by atoms with Crippen LogP contribution in [-0.4, -0.2) is 31.8 Å². The number of rotatable bonds is 4. The molecule has 122 valence electrons. The maximum absolute atomic E-state index is 12.0. The van der Waals surface area contributed by atoms with Crippen molar-refractivity contribution in [1.29, 1.82) is 0 Å². The number of para-hydroxylation sites is 2. The van der Waals surface area contributed by atoms with E-state index in [4.69, 9.17) is 0 Å². The minimum atomic E-state index is -0.238. The topological polar surface area (TPSA) is 26.3 Å². The molecule has 1 atom stereocenters. The van der Waals surface area contributed by atoms with Gasteiger partial charge in [-0.3, -0.25) is 0 Å². The Balaban J connectivity index is 1.97. The van der Waals surface area contributed by atoms with Crippen LogP contribution in [0.1, 0.15) is 18.1 Å². The molecule has 0 radical (unpaired) electrons. The van der Waals surface area contributed by atoms with E-state index in [1.165, 1.54) is 22.5 Å². The number of hydrogen-bond donors (Lipinski definition) is 0. The van der Waals surface area contributed by atoms with Crippen LogP contribution < -0.4 is 4.90 Å². The predicted molar refractivity (Wildman–Crippen MR) is 96.8 cm³/mol. The van der Waals surface area contributed by atoms with Crippen LogP contribution in [0.3, 0.4) is 0 Å². The van der Waals surface area contributed by atoms with E-state index in [1.807, 2.05) is 0 Å². The zero-order chi connectivity index (χ0) is 16.4. The van der Waals surface area contributed by atoms with Gasteiger partial charge < -0.3 is 14.8 Å². The average molecular weight is 310 g/mol. The molecule has 0 saturated carbocycles. The number of quaternary nitrogens is 1. The Morgan fingerprint density at radius 2 is 1.43 bits per heavy atom. The molecule has 3 heteroatoms. The molecule has 0 bridgehead atoms. The summed E-state index contributed by atoms with van der Waals surface area (Å²) in [4.78, 5) is 2.41. The molecule has 0 N–H and O–H groups in total. The first-order valence-electron chi connectivity index (χ1n) is 8.41. The Bertz CT molecular complexity index is 628. The first-order chi connectivity index (χ1) is 10.9. The highest BCUT2D eigenvalue weighted by atomic mass is 16.5. The fourth-order valence-electron chi connectivity index (χ4n) is 3.69. The Hall–Kier alpha value is -1.84. The summed E-state index contributed by atoms with van der Waals surface area (Å²) in [5.74, 6) is 0.321. The van der Waals surface area contributed by atoms with Crippen LogP contribution >= 0.6 is 0 Å². The van der Waals surface area contributed by atoms with E-state index in [0.29, 0.717) is 12.5 Å². The lowest BCUT2D eigenvalue weighted by Gasteiger charge is -2.38. The molecule has 3 nitrogen and oxygen atoms in total. The summed E-state index contributed by atoms with van der Waals surface area (Å²) in [5, 5.41) is 12.0. The van der Waals surface area contributed by atoms with Crippen LogP contribution in [0, 0.1) is 11.1 Å². The average Bonchev–Trinajstić information content (AvgIpc) is 2.64. The molecule has 0 unspecified atom stereocenters. The summed E-state index contributed by atoms with van der Waals surface area (Å²) < 4.78 is -0.238. The smallest absolute Gasteiger partial charge is 0.0823 e. The molecule has 23 heavy (non-hydrogen) atoms. The molecule has 2 aromatic rings.